The van der Waals surface area contributed by atoms with Gasteiger partial charge in [-0.25, -0.2) is 0 Å². The second-order valence-corrected chi connectivity index (χ2v) is 7.46. The van der Waals surface area contributed by atoms with Crippen molar-refractivity contribution < 1.29 is 9.53 Å². The van der Waals surface area contributed by atoms with Gasteiger partial charge in [-0.2, -0.15) is 0 Å². The molecule has 29 heavy (non-hydrogen) atoms. The van der Waals surface area contributed by atoms with Crippen LogP contribution in [0.15, 0.2) is 78.9 Å². The third-order valence-electron chi connectivity index (χ3n) is 5.11. The van der Waals surface area contributed by atoms with E-state index in [2.05, 4.69) is 17.0 Å². The maximum Gasteiger partial charge on any atom is 0.257 e. The summed E-state index contributed by atoms with van der Waals surface area (Å²) < 4.78 is 5.96. The molecular formula is C24H23ClN2O2. The lowest BCUT2D eigenvalue weighted by Crippen LogP contribution is -2.48. The fourth-order valence-electron chi connectivity index (χ4n) is 3.49. The molecule has 0 spiro atoms. The molecule has 0 N–H and O–H groups in total. The first kappa shape index (κ1) is 19.3. The summed E-state index contributed by atoms with van der Waals surface area (Å²) >= 11 is 5.94. The second kappa shape index (κ2) is 9.01. The van der Waals surface area contributed by atoms with Crippen LogP contribution in [0.1, 0.15) is 15.9 Å². The number of hydrogen-bond acceptors (Lipinski definition) is 3. The van der Waals surface area contributed by atoms with Gasteiger partial charge in [0.25, 0.3) is 5.91 Å². The van der Waals surface area contributed by atoms with Gasteiger partial charge in [0.05, 0.1) is 5.56 Å². The van der Waals surface area contributed by atoms with Crippen LogP contribution in [0.2, 0.25) is 5.02 Å². The maximum absolute atomic E-state index is 13.1. The third kappa shape index (κ3) is 4.72. The number of anilines is 1. The van der Waals surface area contributed by atoms with Gasteiger partial charge in [0.15, 0.2) is 0 Å². The Hall–Kier alpha value is -2.98. The van der Waals surface area contributed by atoms with E-state index in [1.54, 1.807) is 0 Å². The van der Waals surface area contributed by atoms with Crippen LogP contribution in [0, 0.1) is 0 Å². The number of benzene rings is 3. The lowest BCUT2D eigenvalue weighted by molar-refractivity contribution is 0.0742. The van der Waals surface area contributed by atoms with Crippen LogP contribution < -0.4 is 9.64 Å². The number of ether oxygens (including phenoxy) is 1. The molecule has 0 aliphatic carbocycles. The summed E-state index contributed by atoms with van der Waals surface area (Å²) in [5.41, 5.74) is 2.81. The van der Waals surface area contributed by atoms with Crippen molar-refractivity contribution in [2.45, 2.75) is 6.61 Å². The molecule has 1 fully saturated rings. The van der Waals surface area contributed by atoms with E-state index >= 15 is 0 Å². The number of carbonyl (C=O) groups is 1. The lowest BCUT2D eigenvalue weighted by Gasteiger charge is -2.36. The highest BCUT2D eigenvalue weighted by Gasteiger charge is 2.24. The summed E-state index contributed by atoms with van der Waals surface area (Å²) in [5, 5.41) is 0.693. The van der Waals surface area contributed by atoms with Crippen molar-refractivity contribution in [2.24, 2.45) is 0 Å². The van der Waals surface area contributed by atoms with Crippen LogP contribution in [0.25, 0.3) is 0 Å². The topological polar surface area (TPSA) is 32.8 Å². The van der Waals surface area contributed by atoms with E-state index in [0.717, 1.165) is 18.7 Å². The molecule has 0 bridgehead atoms. The Labute approximate surface area is 176 Å². The Morgan fingerprint density at radius 1 is 0.828 bits per heavy atom. The van der Waals surface area contributed by atoms with Crippen molar-refractivity contribution in [1.29, 1.82) is 0 Å². The molecule has 1 aliphatic heterocycles. The average Bonchev–Trinajstić information content (AvgIpc) is 2.79. The summed E-state index contributed by atoms with van der Waals surface area (Å²) in [4.78, 5) is 17.3. The molecule has 0 aromatic heterocycles. The van der Waals surface area contributed by atoms with Gasteiger partial charge in [0.2, 0.25) is 0 Å². The van der Waals surface area contributed by atoms with E-state index in [1.165, 1.54) is 5.69 Å². The number of amides is 1. The number of rotatable bonds is 5. The molecule has 1 saturated heterocycles. The van der Waals surface area contributed by atoms with Crippen LogP contribution in [-0.4, -0.2) is 37.0 Å². The largest absolute Gasteiger partial charge is 0.488 e. The van der Waals surface area contributed by atoms with Crippen molar-refractivity contribution in [2.75, 3.05) is 31.1 Å². The lowest BCUT2D eigenvalue weighted by atomic mass is 10.1. The second-order valence-electron chi connectivity index (χ2n) is 7.03. The van der Waals surface area contributed by atoms with E-state index < -0.39 is 0 Å². The predicted molar refractivity (Wildman–Crippen MR) is 117 cm³/mol. The number of para-hydroxylation sites is 2. The molecule has 3 aromatic rings. The first-order valence-corrected chi connectivity index (χ1v) is 10.1. The first-order valence-electron chi connectivity index (χ1n) is 9.76. The molecule has 0 unspecified atom stereocenters. The van der Waals surface area contributed by atoms with Gasteiger partial charge in [-0.05, 0) is 42.0 Å². The van der Waals surface area contributed by atoms with Crippen molar-refractivity contribution in [3.8, 4) is 5.75 Å². The van der Waals surface area contributed by atoms with Crippen LogP contribution in [-0.2, 0) is 6.61 Å². The minimum atomic E-state index is 0.0180. The molecular weight excluding hydrogens is 384 g/mol. The number of nitrogens with zero attached hydrogens (tertiary/aromatic N) is 2. The number of piperazine rings is 1. The minimum Gasteiger partial charge on any atom is -0.488 e. The fourth-order valence-corrected chi connectivity index (χ4v) is 3.61. The van der Waals surface area contributed by atoms with Gasteiger partial charge in [0, 0.05) is 36.9 Å². The molecule has 4 rings (SSSR count). The Bertz CT molecular complexity index is 952. The monoisotopic (exact) mass is 406 g/mol. The fraction of sp³-hybridized carbons (Fsp3) is 0.208. The standard InChI is InChI=1S/C24H23ClN2O2/c25-20-12-10-19(11-13-20)18-29-23-9-5-4-8-22(23)24(28)27-16-14-26(15-17-27)21-6-2-1-3-7-21/h1-13H,14-18H2. The van der Waals surface area contributed by atoms with E-state index in [0.29, 0.717) is 36.0 Å². The number of hydrogen-bond donors (Lipinski definition) is 0. The molecule has 3 aromatic carbocycles. The van der Waals surface area contributed by atoms with Gasteiger partial charge in [-0.1, -0.05) is 54.1 Å². The molecule has 148 valence electrons. The van der Waals surface area contributed by atoms with E-state index in [4.69, 9.17) is 16.3 Å². The number of carbonyl (C=O) groups excluding carboxylic acids is 1. The smallest absolute Gasteiger partial charge is 0.257 e. The highest BCUT2D eigenvalue weighted by molar-refractivity contribution is 6.30. The highest BCUT2D eigenvalue weighted by atomic mass is 35.5. The summed E-state index contributed by atoms with van der Waals surface area (Å²) in [7, 11) is 0. The summed E-state index contributed by atoms with van der Waals surface area (Å²) in [6.07, 6.45) is 0. The quantitative estimate of drug-likeness (QED) is 0.605. The summed E-state index contributed by atoms with van der Waals surface area (Å²) in [5.74, 6) is 0.627. The van der Waals surface area contributed by atoms with Crippen LogP contribution in [0.5, 0.6) is 5.75 Å². The molecule has 5 heteroatoms. The molecule has 0 radical (unpaired) electrons. The molecule has 0 atom stereocenters. The maximum atomic E-state index is 13.1. The normalized spacial score (nSPS) is 14.0. The van der Waals surface area contributed by atoms with Crippen molar-refractivity contribution in [3.05, 3.63) is 95.0 Å². The van der Waals surface area contributed by atoms with Gasteiger partial charge in [-0.3, -0.25) is 4.79 Å². The minimum absolute atomic E-state index is 0.0180. The molecule has 0 saturated carbocycles. The SMILES string of the molecule is O=C(c1ccccc1OCc1ccc(Cl)cc1)N1CCN(c2ccccc2)CC1. The average molecular weight is 407 g/mol. The van der Waals surface area contributed by atoms with Crippen LogP contribution >= 0.6 is 11.6 Å². The molecule has 4 nitrogen and oxygen atoms in total. The Balaban J connectivity index is 1.41. The van der Waals surface area contributed by atoms with Gasteiger partial charge in [0.1, 0.15) is 12.4 Å². The van der Waals surface area contributed by atoms with E-state index in [1.807, 2.05) is 71.6 Å². The summed E-state index contributed by atoms with van der Waals surface area (Å²) in [6.45, 7) is 3.43. The Kier molecular flexibility index (Phi) is 6.01. The zero-order chi connectivity index (χ0) is 20.1. The number of halogens is 1. The zero-order valence-electron chi connectivity index (χ0n) is 16.1. The molecule has 1 amide bonds. The van der Waals surface area contributed by atoms with Crippen LogP contribution in [0.3, 0.4) is 0 Å². The van der Waals surface area contributed by atoms with Crippen LogP contribution in [0.4, 0.5) is 5.69 Å². The summed E-state index contributed by atoms with van der Waals surface area (Å²) in [6, 6.07) is 25.3. The van der Waals surface area contributed by atoms with Gasteiger partial charge < -0.3 is 14.5 Å². The zero-order valence-corrected chi connectivity index (χ0v) is 16.9. The molecule has 1 heterocycles. The van der Waals surface area contributed by atoms with Gasteiger partial charge >= 0.3 is 0 Å². The Morgan fingerprint density at radius 3 is 2.21 bits per heavy atom. The van der Waals surface area contributed by atoms with Crippen molar-refractivity contribution in [1.82, 2.24) is 4.90 Å². The van der Waals surface area contributed by atoms with Gasteiger partial charge in [-0.15, -0.1) is 0 Å². The van der Waals surface area contributed by atoms with E-state index in [-0.39, 0.29) is 5.91 Å². The van der Waals surface area contributed by atoms with E-state index in [9.17, 15) is 4.79 Å². The Morgan fingerprint density at radius 2 is 1.48 bits per heavy atom. The highest BCUT2D eigenvalue weighted by Crippen LogP contribution is 2.23. The third-order valence-corrected chi connectivity index (χ3v) is 5.37. The predicted octanol–water partition coefficient (Wildman–Crippen LogP) is 4.88. The molecule has 1 aliphatic rings. The first-order chi connectivity index (χ1) is 14.2. The van der Waals surface area contributed by atoms with Crippen molar-refractivity contribution in [3.63, 3.8) is 0 Å². The van der Waals surface area contributed by atoms with Crippen molar-refractivity contribution >= 4 is 23.2 Å².